The van der Waals surface area contributed by atoms with Gasteiger partial charge in [-0.2, -0.15) is 0 Å². The van der Waals surface area contributed by atoms with Gasteiger partial charge in [0.05, 0.1) is 16.9 Å². The average molecular weight is 308 g/mol. The van der Waals surface area contributed by atoms with Gasteiger partial charge in [0.15, 0.2) is 0 Å². The molecule has 0 aliphatic rings. The van der Waals surface area contributed by atoms with Crippen LogP contribution < -0.4 is 16.2 Å². The second kappa shape index (κ2) is 6.56. The van der Waals surface area contributed by atoms with Crippen molar-refractivity contribution in [1.82, 2.24) is 0 Å². The lowest BCUT2D eigenvalue weighted by Crippen LogP contribution is -2.32. The molecule has 2 aromatic rings. The SMILES string of the molecule is CCN(C(=O)c1cc(Cl)ccc1NN)c1ccccc1F. The van der Waals surface area contributed by atoms with Crippen LogP contribution in [0.15, 0.2) is 42.5 Å². The molecule has 2 aromatic carbocycles. The van der Waals surface area contributed by atoms with Crippen molar-refractivity contribution in [1.29, 1.82) is 0 Å². The van der Waals surface area contributed by atoms with E-state index in [4.69, 9.17) is 17.4 Å². The monoisotopic (exact) mass is 307 g/mol. The van der Waals surface area contributed by atoms with Gasteiger partial charge < -0.3 is 10.3 Å². The molecule has 6 heteroatoms. The Hall–Kier alpha value is -2.11. The number of nitrogens with zero attached hydrogens (tertiary/aromatic N) is 1. The fourth-order valence-electron chi connectivity index (χ4n) is 2.06. The third-order valence-corrected chi connectivity index (χ3v) is 3.31. The molecule has 3 N–H and O–H groups in total. The van der Waals surface area contributed by atoms with Crippen molar-refractivity contribution in [2.45, 2.75) is 6.92 Å². The maximum absolute atomic E-state index is 13.9. The first kappa shape index (κ1) is 15.3. The minimum Gasteiger partial charge on any atom is -0.323 e. The van der Waals surface area contributed by atoms with E-state index in [9.17, 15) is 9.18 Å². The summed E-state index contributed by atoms with van der Waals surface area (Å²) in [6, 6.07) is 10.8. The van der Waals surface area contributed by atoms with Crippen LogP contribution in [-0.4, -0.2) is 12.5 Å². The molecule has 0 aromatic heterocycles. The molecule has 0 saturated carbocycles. The second-order valence-corrected chi connectivity index (χ2v) is 4.77. The first-order valence-corrected chi connectivity index (χ1v) is 6.78. The number of para-hydroxylation sites is 1. The van der Waals surface area contributed by atoms with Gasteiger partial charge >= 0.3 is 0 Å². The number of carbonyl (C=O) groups excluding carboxylic acids is 1. The molecule has 2 rings (SSSR count). The number of carbonyl (C=O) groups is 1. The Kier molecular flexibility index (Phi) is 4.77. The van der Waals surface area contributed by atoms with Gasteiger partial charge in [-0.25, -0.2) is 4.39 Å². The number of hydrogen-bond acceptors (Lipinski definition) is 3. The van der Waals surface area contributed by atoms with Crippen LogP contribution in [0, 0.1) is 5.82 Å². The predicted molar refractivity (Wildman–Crippen MR) is 83.0 cm³/mol. The van der Waals surface area contributed by atoms with E-state index in [0.29, 0.717) is 17.3 Å². The molecule has 0 bridgehead atoms. The predicted octanol–water partition coefficient (Wildman–Crippen LogP) is 3.43. The highest BCUT2D eigenvalue weighted by molar-refractivity contribution is 6.31. The normalized spacial score (nSPS) is 10.3. The molecule has 110 valence electrons. The van der Waals surface area contributed by atoms with Crippen molar-refractivity contribution < 1.29 is 9.18 Å². The van der Waals surface area contributed by atoms with Crippen molar-refractivity contribution in [2.24, 2.45) is 5.84 Å². The summed E-state index contributed by atoms with van der Waals surface area (Å²) in [6.07, 6.45) is 0. The Morgan fingerprint density at radius 2 is 2.05 bits per heavy atom. The Balaban J connectivity index is 2.46. The maximum atomic E-state index is 13.9. The van der Waals surface area contributed by atoms with Gasteiger partial charge in [0, 0.05) is 11.6 Å². The van der Waals surface area contributed by atoms with E-state index >= 15 is 0 Å². The van der Waals surface area contributed by atoms with Crippen LogP contribution in [-0.2, 0) is 0 Å². The molecule has 0 unspecified atom stereocenters. The summed E-state index contributed by atoms with van der Waals surface area (Å²) >= 11 is 5.93. The fraction of sp³-hybridized carbons (Fsp3) is 0.133. The molecule has 0 spiro atoms. The molecular formula is C15H15ClFN3O. The van der Waals surface area contributed by atoms with Crippen molar-refractivity contribution in [3.8, 4) is 0 Å². The van der Waals surface area contributed by atoms with E-state index in [1.807, 2.05) is 0 Å². The highest BCUT2D eigenvalue weighted by Gasteiger charge is 2.21. The molecule has 0 radical (unpaired) electrons. The van der Waals surface area contributed by atoms with E-state index < -0.39 is 5.82 Å². The Morgan fingerprint density at radius 3 is 2.67 bits per heavy atom. The smallest absolute Gasteiger partial charge is 0.260 e. The van der Waals surface area contributed by atoms with Gasteiger partial charge in [-0.15, -0.1) is 0 Å². The van der Waals surface area contributed by atoms with E-state index in [2.05, 4.69) is 5.43 Å². The van der Waals surface area contributed by atoms with Crippen LogP contribution >= 0.6 is 11.6 Å². The molecular weight excluding hydrogens is 293 g/mol. The van der Waals surface area contributed by atoms with Crippen LogP contribution in [0.5, 0.6) is 0 Å². The van der Waals surface area contributed by atoms with Crippen molar-refractivity contribution >= 4 is 28.9 Å². The summed E-state index contributed by atoms with van der Waals surface area (Å²) in [7, 11) is 0. The largest absolute Gasteiger partial charge is 0.323 e. The van der Waals surface area contributed by atoms with E-state index in [1.165, 1.54) is 17.0 Å². The Morgan fingerprint density at radius 1 is 1.33 bits per heavy atom. The van der Waals surface area contributed by atoms with E-state index in [1.54, 1.807) is 37.3 Å². The summed E-state index contributed by atoms with van der Waals surface area (Å²) < 4.78 is 13.9. The van der Waals surface area contributed by atoms with Crippen LogP contribution in [0.3, 0.4) is 0 Å². The number of nitrogens with two attached hydrogens (primary N) is 1. The van der Waals surface area contributed by atoms with Crippen LogP contribution in [0.2, 0.25) is 5.02 Å². The van der Waals surface area contributed by atoms with Crippen molar-refractivity contribution in [2.75, 3.05) is 16.9 Å². The Labute approximate surface area is 127 Å². The third-order valence-electron chi connectivity index (χ3n) is 3.07. The molecule has 0 atom stereocenters. The number of anilines is 2. The minimum atomic E-state index is -0.461. The van der Waals surface area contributed by atoms with Gasteiger partial charge in [0.1, 0.15) is 5.82 Å². The van der Waals surface area contributed by atoms with Crippen LogP contribution in [0.1, 0.15) is 17.3 Å². The second-order valence-electron chi connectivity index (χ2n) is 4.34. The van der Waals surface area contributed by atoms with Gasteiger partial charge in [0.2, 0.25) is 0 Å². The number of hydrogen-bond donors (Lipinski definition) is 2. The fourth-order valence-corrected chi connectivity index (χ4v) is 2.23. The summed E-state index contributed by atoms with van der Waals surface area (Å²) in [5.74, 6) is 4.57. The lowest BCUT2D eigenvalue weighted by molar-refractivity contribution is 0.0988. The summed E-state index contributed by atoms with van der Waals surface area (Å²) in [5.41, 5.74) is 3.38. The first-order valence-electron chi connectivity index (χ1n) is 6.41. The Bertz CT molecular complexity index is 663. The lowest BCUT2D eigenvalue weighted by Gasteiger charge is -2.23. The van der Waals surface area contributed by atoms with Crippen LogP contribution in [0.25, 0.3) is 0 Å². The van der Waals surface area contributed by atoms with Gasteiger partial charge in [-0.3, -0.25) is 10.6 Å². The van der Waals surface area contributed by atoms with E-state index in [0.717, 1.165) is 0 Å². The average Bonchev–Trinajstić information content (AvgIpc) is 2.49. The number of nitrogen functional groups attached to an aromatic ring is 1. The molecule has 21 heavy (non-hydrogen) atoms. The summed E-state index contributed by atoms with van der Waals surface area (Å²) in [6.45, 7) is 2.08. The van der Waals surface area contributed by atoms with Gasteiger partial charge in [0.25, 0.3) is 5.91 Å². The van der Waals surface area contributed by atoms with E-state index in [-0.39, 0.29) is 17.2 Å². The summed E-state index contributed by atoms with van der Waals surface area (Å²) in [5, 5.41) is 0.405. The number of benzene rings is 2. The molecule has 0 saturated heterocycles. The lowest BCUT2D eigenvalue weighted by atomic mass is 10.1. The number of halogens is 2. The highest BCUT2D eigenvalue weighted by Crippen LogP contribution is 2.25. The molecule has 0 heterocycles. The number of hydrazine groups is 1. The minimum absolute atomic E-state index is 0.216. The number of rotatable bonds is 4. The molecule has 4 nitrogen and oxygen atoms in total. The highest BCUT2D eigenvalue weighted by atomic mass is 35.5. The zero-order valence-electron chi connectivity index (χ0n) is 11.4. The van der Waals surface area contributed by atoms with Gasteiger partial charge in [-0.05, 0) is 37.3 Å². The van der Waals surface area contributed by atoms with Crippen LogP contribution in [0.4, 0.5) is 15.8 Å². The standard InChI is InChI=1S/C15H15ClFN3O/c1-2-20(14-6-4-3-5-12(14)17)15(21)11-9-10(16)7-8-13(11)19-18/h3-9,19H,2,18H2,1H3. The quantitative estimate of drug-likeness (QED) is 0.672. The molecule has 1 amide bonds. The molecule has 0 aliphatic heterocycles. The van der Waals surface area contributed by atoms with Crippen molar-refractivity contribution in [3.63, 3.8) is 0 Å². The topological polar surface area (TPSA) is 58.4 Å². The zero-order chi connectivity index (χ0) is 15.4. The van der Waals surface area contributed by atoms with Crippen molar-refractivity contribution in [3.05, 3.63) is 58.9 Å². The van der Waals surface area contributed by atoms with Gasteiger partial charge in [-0.1, -0.05) is 23.7 Å². The third kappa shape index (κ3) is 3.15. The number of nitrogens with one attached hydrogen (secondary N) is 1. The zero-order valence-corrected chi connectivity index (χ0v) is 12.2. The molecule has 0 fully saturated rings. The first-order chi connectivity index (χ1) is 10.1. The maximum Gasteiger partial charge on any atom is 0.260 e. The summed E-state index contributed by atoms with van der Waals surface area (Å²) in [4.78, 5) is 14.0. The number of amides is 1. The molecule has 0 aliphatic carbocycles.